The van der Waals surface area contributed by atoms with Crippen LogP contribution < -0.4 is 21.3 Å². The Morgan fingerprint density at radius 3 is 2.41 bits per heavy atom. The lowest BCUT2D eigenvalue weighted by molar-refractivity contribution is -0.118. The van der Waals surface area contributed by atoms with Gasteiger partial charge in [0.2, 0.25) is 11.7 Å². The molecular weight excluding hydrogens is 495 g/mol. The van der Waals surface area contributed by atoms with Gasteiger partial charge < -0.3 is 26.0 Å². The molecule has 1 aromatic carbocycles. The van der Waals surface area contributed by atoms with Crippen molar-refractivity contribution >= 4 is 45.5 Å². The predicted octanol–water partition coefficient (Wildman–Crippen LogP) is 3.37. The van der Waals surface area contributed by atoms with Gasteiger partial charge in [0, 0.05) is 36.5 Å². The number of benzene rings is 1. The van der Waals surface area contributed by atoms with Crippen LogP contribution in [0.1, 0.15) is 35.0 Å². The normalized spacial score (nSPS) is 17.3. The first-order chi connectivity index (χ1) is 17.8. The van der Waals surface area contributed by atoms with E-state index in [1.54, 1.807) is 24.1 Å². The number of nitrogens with two attached hydrogens (primary N) is 2. The number of halogens is 1. The average molecular weight is 525 g/mol. The largest absolute Gasteiger partial charge is 0.382 e. The molecule has 5 rings (SSSR count). The van der Waals surface area contributed by atoms with E-state index in [0.717, 1.165) is 56.3 Å². The van der Waals surface area contributed by atoms with E-state index in [1.165, 1.54) is 24.3 Å². The van der Waals surface area contributed by atoms with Gasteiger partial charge in [0.1, 0.15) is 28.4 Å². The van der Waals surface area contributed by atoms with Crippen molar-refractivity contribution < 1.29 is 18.7 Å². The van der Waals surface area contributed by atoms with Crippen molar-refractivity contribution in [3.8, 4) is 0 Å². The summed E-state index contributed by atoms with van der Waals surface area (Å²) in [5, 5.41) is 0.308. The summed E-state index contributed by atoms with van der Waals surface area (Å²) in [6.45, 7) is 5.24. The Balaban J connectivity index is 1.33. The molecule has 2 fully saturated rings. The summed E-state index contributed by atoms with van der Waals surface area (Å²) in [5.74, 6) is 0.954. The number of pyridine rings is 1. The zero-order chi connectivity index (χ0) is 26.1. The van der Waals surface area contributed by atoms with Crippen molar-refractivity contribution in [2.75, 3.05) is 41.8 Å². The van der Waals surface area contributed by atoms with Crippen LogP contribution in [0.2, 0.25) is 0 Å². The minimum Gasteiger partial charge on any atom is -0.382 e. The maximum Gasteiger partial charge on any atom is 0.240 e. The Morgan fingerprint density at radius 2 is 1.84 bits per heavy atom. The quantitative estimate of drug-likeness (QED) is 0.430. The number of primary amides is 1. The topological polar surface area (TPSA) is 128 Å². The lowest BCUT2D eigenvalue weighted by atomic mass is 9.83. The van der Waals surface area contributed by atoms with E-state index < -0.39 is 17.8 Å². The van der Waals surface area contributed by atoms with Gasteiger partial charge in [-0.25, -0.2) is 14.4 Å². The molecule has 194 valence electrons. The number of hydrogen-bond donors (Lipinski definition) is 2. The molecule has 4 heterocycles. The minimum absolute atomic E-state index is 0.0416. The number of ether oxygens (including phenoxy) is 1. The van der Waals surface area contributed by atoms with Gasteiger partial charge in [-0.1, -0.05) is 11.3 Å². The molecule has 3 aromatic rings. The number of nitrogen functional groups attached to an aromatic ring is 1. The Kier molecular flexibility index (Phi) is 7.07. The molecule has 2 aromatic heterocycles. The molecule has 37 heavy (non-hydrogen) atoms. The number of rotatable bonds is 8. The summed E-state index contributed by atoms with van der Waals surface area (Å²) in [6, 6.07) is 8.38. The number of thiazole rings is 1. The SMILES string of the molecule is CC(C(N)=O)N(c1ccc(F)cc1)c1nc(N)c(C(=O)c2ccc(N3CCC(C4COC4)CC3)nc2)s1. The Hall–Kier alpha value is -3.57. The van der Waals surface area contributed by atoms with E-state index in [1.807, 2.05) is 6.07 Å². The van der Waals surface area contributed by atoms with Crippen molar-refractivity contribution in [2.24, 2.45) is 17.6 Å². The maximum absolute atomic E-state index is 13.5. The standard InChI is InChI=1S/C26H29FN6O3S/c1-15(25(29)35)33(20-5-3-19(27)4-6-20)26-31-24(28)23(37-26)22(34)17-2-7-21(30-12-17)32-10-8-16(9-11-32)18-13-36-14-18/h2-7,12,15-16,18H,8-11,13-14,28H2,1H3,(H2,29,35). The summed E-state index contributed by atoms with van der Waals surface area (Å²) in [4.78, 5) is 38.2. The van der Waals surface area contributed by atoms with Gasteiger partial charge in [-0.15, -0.1) is 0 Å². The third kappa shape index (κ3) is 5.14. The third-order valence-corrected chi connectivity index (χ3v) is 8.23. The van der Waals surface area contributed by atoms with E-state index in [4.69, 9.17) is 16.2 Å². The second kappa shape index (κ2) is 10.4. The minimum atomic E-state index is -0.805. The second-order valence-corrected chi connectivity index (χ2v) is 10.5. The van der Waals surface area contributed by atoms with Crippen LogP contribution in [0.5, 0.6) is 0 Å². The van der Waals surface area contributed by atoms with Gasteiger partial charge in [0.25, 0.3) is 0 Å². The maximum atomic E-state index is 13.5. The first-order valence-electron chi connectivity index (χ1n) is 12.3. The van der Waals surface area contributed by atoms with E-state index in [0.29, 0.717) is 28.2 Å². The van der Waals surface area contributed by atoms with Gasteiger partial charge in [0.15, 0.2) is 5.13 Å². The molecule has 2 aliphatic heterocycles. The Bertz CT molecular complexity index is 1270. The molecule has 0 spiro atoms. The van der Waals surface area contributed by atoms with Crippen molar-refractivity contribution in [1.82, 2.24) is 9.97 Å². The number of carbonyl (C=O) groups excluding carboxylic acids is 2. The smallest absolute Gasteiger partial charge is 0.240 e. The molecule has 0 aliphatic carbocycles. The van der Waals surface area contributed by atoms with Crippen LogP contribution in [-0.4, -0.2) is 54.0 Å². The van der Waals surface area contributed by atoms with Crippen LogP contribution in [0.4, 0.5) is 26.8 Å². The monoisotopic (exact) mass is 524 g/mol. The predicted molar refractivity (Wildman–Crippen MR) is 141 cm³/mol. The molecule has 1 unspecified atom stereocenters. The van der Waals surface area contributed by atoms with Gasteiger partial charge in [-0.05, 0) is 62.1 Å². The summed E-state index contributed by atoms with van der Waals surface area (Å²) in [6.07, 6.45) is 3.79. The molecule has 1 amide bonds. The molecule has 11 heteroatoms. The highest BCUT2D eigenvalue weighted by atomic mass is 32.1. The molecule has 4 N–H and O–H groups in total. The summed E-state index contributed by atoms with van der Waals surface area (Å²) < 4.78 is 18.8. The second-order valence-electron chi connectivity index (χ2n) is 9.49. The summed E-state index contributed by atoms with van der Waals surface area (Å²) in [5.41, 5.74) is 12.6. The number of carbonyl (C=O) groups is 2. The van der Waals surface area contributed by atoms with Crippen LogP contribution in [0.25, 0.3) is 0 Å². The first kappa shape index (κ1) is 25.1. The van der Waals surface area contributed by atoms with Crippen molar-refractivity contribution in [3.63, 3.8) is 0 Å². The summed E-state index contributed by atoms with van der Waals surface area (Å²) in [7, 11) is 0. The van der Waals surface area contributed by atoms with Crippen LogP contribution in [0, 0.1) is 17.7 Å². The highest BCUT2D eigenvalue weighted by Crippen LogP contribution is 2.36. The number of ketones is 1. The van der Waals surface area contributed by atoms with E-state index in [9.17, 15) is 14.0 Å². The Morgan fingerprint density at radius 1 is 1.14 bits per heavy atom. The fourth-order valence-corrected chi connectivity index (χ4v) is 5.83. The lowest BCUT2D eigenvalue weighted by Gasteiger charge is -2.40. The van der Waals surface area contributed by atoms with Crippen LogP contribution >= 0.6 is 11.3 Å². The van der Waals surface area contributed by atoms with E-state index in [-0.39, 0.29) is 16.5 Å². The average Bonchev–Trinajstić information content (AvgIpc) is 3.25. The number of nitrogens with zero attached hydrogens (tertiary/aromatic N) is 4. The van der Waals surface area contributed by atoms with Gasteiger partial charge in [0.05, 0.1) is 13.2 Å². The first-order valence-corrected chi connectivity index (χ1v) is 13.1. The molecule has 1 atom stereocenters. The summed E-state index contributed by atoms with van der Waals surface area (Å²) >= 11 is 1.05. The number of hydrogen-bond acceptors (Lipinski definition) is 9. The van der Waals surface area contributed by atoms with E-state index >= 15 is 0 Å². The van der Waals surface area contributed by atoms with Crippen LogP contribution in [0.15, 0.2) is 42.6 Å². The number of anilines is 4. The van der Waals surface area contributed by atoms with E-state index in [2.05, 4.69) is 14.9 Å². The van der Waals surface area contributed by atoms with Crippen LogP contribution in [-0.2, 0) is 9.53 Å². The van der Waals surface area contributed by atoms with Crippen molar-refractivity contribution in [3.05, 3.63) is 58.9 Å². The molecule has 2 aliphatic rings. The van der Waals surface area contributed by atoms with Gasteiger partial charge in [-0.2, -0.15) is 0 Å². The van der Waals surface area contributed by atoms with Crippen molar-refractivity contribution in [2.45, 2.75) is 25.8 Å². The fraction of sp³-hybridized carbons (Fsp3) is 0.385. The fourth-order valence-electron chi connectivity index (χ4n) is 4.78. The number of piperidine rings is 1. The zero-order valence-corrected chi connectivity index (χ0v) is 21.3. The van der Waals surface area contributed by atoms with Crippen molar-refractivity contribution in [1.29, 1.82) is 0 Å². The molecule has 0 radical (unpaired) electrons. The highest BCUT2D eigenvalue weighted by molar-refractivity contribution is 7.18. The molecule has 0 bridgehead atoms. The zero-order valence-electron chi connectivity index (χ0n) is 20.5. The number of aromatic nitrogens is 2. The molecule has 0 saturated carbocycles. The highest BCUT2D eigenvalue weighted by Gasteiger charge is 2.32. The lowest BCUT2D eigenvalue weighted by Crippen LogP contribution is -2.42. The number of amides is 1. The third-order valence-electron chi connectivity index (χ3n) is 7.16. The Labute approximate surface area is 218 Å². The molecule has 2 saturated heterocycles. The van der Waals surface area contributed by atoms with Crippen LogP contribution in [0.3, 0.4) is 0 Å². The van der Waals surface area contributed by atoms with Gasteiger partial charge >= 0.3 is 0 Å². The van der Waals surface area contributed by atoms with Gasteiger partial charge in [-0.3, -0.25) is 9.59 Å². The molecule has 9 nitrogen and oxygen atoms in total. The molecular formula is C26H29FN6O3S.